The number of nitrogens with zero attached hydrogens (tertiary/aromatic N) is 2. The Kier molecular flexibility index (Phi) is 5.65. The van der Waals surface area contributed by atoms with E-state index in [1.54, 1.807) is 4.57 Å². The molecule has 1 aromatic heterocycles. The minimum absolute atomic E-state index is 0.00152. The number of esters is 1. The summed E-state index contributed by atoms with van der Waals surface area (Å²) in [6, 6.07) is 7.70. The Hall–Kier alpha value is -2.47. The average molecular weight is 316 g/mol. The molecule has 0 aliphatic heterocycles. The Morgan fingerprint density at radius 1 is 1.22 bits per heavy atom. The summed E-state index contributed by atoms with van der Waals surface area (Å²) in [6.45, 7) is 0.963. The Bertz CT molecular complexity index is 718. The van der Waals surface area contributed by atoms with Gasteiger partial charge in [0.25, 0.3) is 0 Å². The van der Waals surface area contributed by atoms with Crippen LogP contribution in [0.2, 0.25) is 0 Å². The summed E-state index contributed by atoms with van der Waals surface area (Å²) >= 11 is 0. The van der Waals surface area contributed by atoms with Gasteiger partial charge in [0.05, 0.1) is 11.9 Å². The van der Waals surface area contributed by atoms with Crippen molar-refractivity contribution in [3.05, 3.63) is 36.0 Å². The van der Waals surface area contributed by atoms with Gasteiger partial charge in [-0.05, 0) is 32.1 Å². The molecule has 0 unspecified atom stereocenters. The van der Waals surface area contributed by atoms with Gasteiger partial charge in [-0.25, -0.2) is 0 Å². The van der Waals surface area contributed by atoms with Gasteiger partial charge in [-0.2, -0.15) is 0 Å². The molecule has 1 heterocycles. The van der Waals surface area contributed by atoms with E-state index in [9.17, 15) is 14.4 Å². The van der Waals surface area contributed by atoms with Crippen molar-refractivity contribution in [1.82, 2.24) is 9.47 Å². The maximum atomic E-state index is 12.4. The highest BCUT2D eigenvalue weighted by Crippen LogP contribution is 2.22. The monoisotopic (exact) mass is 316 g/mol. The van der Waals surface area contributed by atoms with E-state index in [1.807, 2.05) is 44.6 Å². The number of rotatable bonds is 7. The van der Waals surface area contributed by atoms with Crippen molar-refractivity contribution in [2.45, 2.75) is 19.3 Å². The van der Waals surface area contributed by atoms with Crippen LogP contribution in [-0.4, -0.2) is 48.5 Å². The van der Waals surface area contributed by atoms with Crippen molar-refractivity contribution in [2.24, 2.45) is 0 Å². The van der Waals surface area contributed by atoms with Crippen LogP contribution in [0.4, 0.5) is 0 Å². The highest BCUT2D eigenvalue weighted by molar-refractivity contribution is 5.95. The number of benzene rings is 1. The van der Waals surface area contributed by atoms with Crippen LogP contribution < -0.4 is 0 Å². The minimum atomic E-state index is -0.697. The summed E-state index contributed by atoms with van der Waals surface area (Å²) in [5.74, 6) is -0.891. The largest absolute Gasteiger partial charge is 0.395 e. The summed E-state index contributed by atoms with van der Waals surface area (Å²) in [7, 11) is 4.01. The Morgan fingerprint density at radius 3 is 2.65 bits per heavy atom. The number of carbonyl (C=O) groups excluding carboxylic acids is 3. The van der Waals surface area contributed by atoms with Gasteiger partial charge in [-0.1, -0.05) is 18.2 Å². The minimum Gasteiger partial charge on any atom is -0.395 e. The normalized spacial score (nSPS) is 10.9. The molecule has 2 aromatic rings. The molecule has 1 aromatic carbocycles. The van der Waals surface area contributed by atoms with Crippen LogP contribution in [0.5, 0.6) is 0 Å². The fourth-order valence-corrected chi connectivity index (χ4v) is 2.44. The third kappa shape index (κ3) is 4.26. The lowest BCUT2D eigenvalue weighted by Gasteiger charge is -2.07. The maximum absolute atomic E-state index is 12.4. The molecule has 0 spiro atoms. The third-order valence-electron chi connectivity index (χ3n) is 3.61. The van der Waals surface area contributed by atoms with E-state index < -0.39 is 5.97 Å². The van der Waals surface area contributed by atoms with Gasteiger partial charge < -0.3 is 9.64 Å². The van der Waals surface area contributed by atoms with Crippen molar-refractivity contribution in [3.8, 4) is 0 Å². The molecule has 2 rings (SSSR count). The lowest BCUT2D eigenvalue weighted by molar-refractivity contribution is -0.151. The zero-order chi connectivity index (χ0) is 16.8. The van der Waals surface area contributed by atoms with Gasteiger partial charge in [-0.3, -0.25) is 19.0 Å². The fourth-order valence-electron chi connectivity index (χ4n) is 2.44. The zero-order valence-electron chi connectivity index (χ0n) is 13.3. The highest BCUT2D eigenvalue weighted by atomic mass is 16.6. The second-order valence-electron chi connectivity index (χ2n) is 5.57. The van der Waals surface area contributed by atoms with Crippen molar-refractivity contribution in [1.29, 1.82) is 0 Å². The number of hydrogen-bond donors (Lipinski definition) is 0. The average Bonchev–Trinajstić information content (AvgIpc) is 2.90. The van der Waals surface area contributed by atoms with Crippen LogP contribution in [-0.2, 0) is 20.7 Å². The van der Waals surface area contributed by atoms with E-state index in [1.165, 1.54) is 0 Å². The second kappa shape index (κ2) is 7.69. The zero-order valence-corrected chi connectivity index (χ0v) is 13.3. The Labute approximate surface area is 134 Å². The summed E-state index contributed by atoms with van der Waals surface area (Å²) in [5.41, 5.74) is 1.92. The molecule has 0 aliphatic carbocycles. The molecule has 0 N–H and O–H groups in total. The topological polar surface area (TPSA) is 68.6 Å². The molecule has 122 valence electrons. The van der Waals surface area contributed by atoms with Gasteiger partial charge in [0, 0.05) is 24.5 Å². The van der Waals surface area contributed by atoms with E-state index in [-0.39, 0.29) is 25.2 Å². The molecule has 23 heavy (non-hydrogen) atoms. The van der Waals surface area contributed by atoms with Crippen molar-refractivity contribution < 1.29 is 19.1 Å². The molecule has 0 bridgehead atoms. The van der Waals surface area contributed by atoms with Crippen LogP contribution in [0, 0.1) is 0 Å². The molecular weight excluding hydrogens is 296 g/mol. The SMILES string of the molecule is CN(C)CCc1cn(C(=O)CCC(=O)OC=O)c2ccccc12. The number of fused-ring (bicyclic) bond motifs is 1. The molecule has 0 atom stereocenters. The molecule has 0 fully saturated rings. The van der Waals surface area contributed by atoms with Gasteiger partial charge in [0.2, 0.25) is 5.91 Å². The standard InChI is InChI=1S/C17H20N2O4/c1-18(2)10-9-13-11-19(15-6-4-3-5-14(13)15)16(21)7-8-17(22)23-12-20/h3-6,11-12H,7-10H2,1-2H3. The summed E-state index contributed by atoms with van der Waals surface area (Å²) in [6.07, 6.45) is 2.55. The Balaban J connectivity index is 2.21. The molecule has 6 heteroatoms. The van der Waals surface area contributed by atoms with Gasteiger partial charge in [0.1, 0.15) is 0 Å². The smallest absolute Gasteiger partial charge is 0.313 e. The van der Waals surface area contributed by atoms with E-state index in [2.05, 4.69) is 9.64 Å². The van der Waals surface area contributed by atoms with E-state index in [0.29, 0.717) is 0 Å². The molecular formula is C17H20N2O4. The summed E-state index contributed by atoms with van der Waals surface area (Å²) < 4.78 is 5.78. The lowest BCUT2D eigenvalue weighted by atomic mass is 10.1. The number of ether oxygens (including phenoxy) is 1. The van der Waals surface area contributed by atoms with Crippen molar-refractivity contribution in [3.63, 3.8) is 0 Å². The van der Waals surface area contributed by atoms with Crippen LogP contribution >= 0.6 is 0 Å². The first-order chi connectivity index (χ1) is 11.0. The Morgan fingerprint density at radius 2 is 1.96 bits per heavy atom. The first-order valence-electron chi connectivity index (χ1n) is 7.43. The fraction of sp³-hybridized carbons (Fsp3) is 0.353. The number of aromatic nitrogens is 1. The first kappa shape index (κ1) is 16.9. The molecule has 0 radical (unpaired) electrons. The van der Waals surface area contributed by atoms with Gasteiger partial charge in [0.15, 0.2) is 0 Å². The molecule has 0 saturated heterocycles. The lowest BCUT2D eigenvalue weighted by Crippen LogP contribution is -2.15. The molecule has 0 saturated carbocycles. The number of hydrogen-bond acceptors (Lipinski definition) is 5. The molecule has 0 aliphatic rings. The quantitative estimate of drug-likeness (QED) is 0.443. The van der Waals surface area contributed by atoms with Crippen LogP contribution in [0.15, 0.2) is 30.5 Å². The number of likely N-dealkylation sites (N-methyl/N-ethyl adjacent to an activating group) is 1. The second-order valence-corrected chi connectivity index (χ2v) is 5.57. The van der Waals surface area contributed by atoms with E-state index in [0.717, 1.165) is 29.4 Å². The van der Waals surface area contributed by atoms with Gasteiger partial charge >= 0.3 is 12.4 Å². The predicted molar refractivity (Wildman–Crippen MR) is 86.2 cm³/mol. The highest BCUT2D eigenvalue weighted by Gasteiger charge is 2.15. The van der Waals surface area contributed by atoms with Crippen molar-refractivity contribution >= 4 is 29.3 Å². The summed E-state index contributed by atoms with van der Waals surface area (Å²) in [5, 5.41) is 1.04. The van der Waals surface area contributed by atoms with Crippen LogP contribution in [0.25, 0.3) is 10.9 Å². The molecule has 0 amide bonds. The maximum Gasteiger partial charge on any atom is 0.313 e. The van der Waals surface area contributed by atoms with Gasteiger partial charge in [-0.15, -0.1) is 0 Å². The molecule has 6 nitrogen and oxygen atoms in total. The van der Waals surface area contributed by atoms with Crippen LogP contribution in [0.1, 0.15) is 23.2 Å². The van der Waals surface area contributed by atoms with E-state index >= 15 is 0 Å². The number of carbonyl (C=O) groups is 3. The first-order valence-corrected chi connectivity index (χ1v) is 7.43. The third-order valence-corrected chi connectivity index (χ3v) is 3.61. The predicted octanol–water partition coefficient (Wildman–Crippen LogP) is 1.87. The van der Waals surface area contributed by atoms with Crippen LogP contribution in [0.3, 0.4) is 0 Å². The number of para-hydroxylation sites is 1. The van der Waals surface area contributed by atoms with E-state index in [4.69, 9.17) is 0 Å². The summed E-state index contributed by atoms with van der Waals surface area (Å²) in [4.78, 5) is 35.8. The van der Waals surface area contributed by atoms with Crippen molar-refractivity contribution in [2.75, 3.05) is 20.6 Å².